The van der Waals surface area contributed by atoms with Gasteiger partial charge in [0.2, 0.25) is 15.9 Å². The van der Waals surface area contributed by atoms with Gasteiger partial charge in [0.15, 0.2) is 5.13 Å². The Hall–Kier alpha value is -2.72. The molecule has 0 atom stereocenters. The van der Waals surface area contributed by atoms with Crippen LogP contribution >= 0.6 is 22.9 Å². The third kappa shape index (κ3) is 4.80. The summed E-state index contributed by atoms with van der Waals surface area (Å²) in [5, 5.41) is 6.47. The summed E-state index contributed by atoms with van der Waals surface area (Å²) in [5.41, 5.74) is 3.80. The quantitative estimate of drug-likeness (QED) is 0.365. The van der Waals surface area contributed by atoms with Crippen molar-refractivity contribution < 1.29 is 13.2 Å². The fraction of sp³-hybridized carbons (Fsp3) is 0.143. The third-order valence-electron chi connectivity index (χ3n) is 4.65. The van der Waals surface area contributed by atoms with E-state index >= 15 is 0 Å². The molecule has 160 valence electrons. The lowest BCUT2D eigenvalue weighted by atomic mass is 10.1. The zero-order chi connectivity index (χ0) is 22.0. The van der Waals surface area contributed by atoms with Gasteiger partial charge in [-0.15, -0.1) is 11.3 Å². The summed E-state index contributed by atoms with van der Waals surface area (Å²) in [6.45, 7) is 1.94. The molecule has 0 aliphatic carbocycles. The summed E-state index contributed by atoms with van der Waals surface area (Å²) < 4.78 is 27.0. The van der Waals surface area contributed by atoms with Crippen LogP contribution in [0.3, 0.4) is 0 Å². The van der Waals surface area contributed by atoms with Crippen molar-refractivity contribution in [3.8, 4) is 11.3 Å². The average Bonchev–Trinajstić information content (AvgIpc) is 3.30. The number of amides is 1. The number of benzene rings is 2. The first kappa shape index (κ1) is 21.5. The van der Waals surface area contributed by atoms with Crippen molar-refractivity contribution in [2.24, 2.45) is 0 Å². The minimum atomic E-state index is -3.73. The normalized spacial score (nSPS) is 11.7. The number of aryl methyl sites for hydroxylation is 1. The SMILES string of the molecule is Cc1[nH]c2ccccc2c1-c1csc(NC(=O)CCNS(=O)(=O)c2cccc(Cl)c2)n1. The van der Waals surface area contributed by atoms with Crippen LogP contribution in [0.4, 0.5) is 5.13 Å². The van der Waals surface area contributed by atoms with E-state index in [9.17, 15) is 13.2 Å². The minimum Gasteiger partial charge on any atom is -0.358 e. The van der Waals surface area contributed by atoms with Crippen LogP contribution in [0.2, 0.25) is 5.02 Å². The molecule has 0 saturated heterocycles. The van der Waals surface area contributed by atoms with Crippen molar-refractivity contribution in [2.75, 3.05) is 11.9 Å². The molecule has 3 N–H and O–H groups in total. The highest BCUT2D eigenvalue weighted by Crippen LogP contribution is 2.33. The highest BCUT2D eigenvalue weighted by molar-refractivity contribution is 7.89. The largest absolute Gasteiger partial charge is 0.358 e. The van der Waals surface area contributed by atoms with Crippen molar-refractivity contribution in [3.05, 3.63) is 64.6 Å². The molecule has 0 aliphatic heterocycles. The van der Waals surface area contributed by atoms with Crippen molar-refractivity contribution in [2.45, 2.75) is 18.2 Å². The van der Waals surface area contributed by atoms with Crippen LogP contribution in [0.5, 0.6) is 0 Å². The molecule has 7 nitrogen and oxygen atoms in total. The monoisotopic (exact) mass is 474 g/mol. The van der Waals surface area contributed by atoms with Crippen molar-refractivity contribution in [3.63, 3.8) is 0 Å². The maximum absolute atomic E-state index is 12.3. The summed E-state index contributed by atoms with van der Waals surface area (Å²) in [4.78, 5) is 20.2. The maximum atomic E-state index is 12.3. The Morgan fingerprint density at radius 1 is 1.19 bits per heavy atom. The van der Waals surface area contributed by atoms with Crippen molar-refractivity contribution in [1.29, 1.82) is 0 Å². The Kier molecular flexibility index (Phi) is 6.10. The first-order valence-corrected chi connectivity index (χ1v) is 12.2. The van der Waals surface area contributed by atoms with E-state index in [0.29, 0.717) is 10.2 Å². The van der Waals surface area contributed by atoms with E-state index < -0.39 is 10.0 Å². The first-order valence-electron chi connectivity index (χ1n) is 9.42. The molecule has 0 unspecified atom stereocenters. The van der Waals surface area contributed by atoms with Crippen LogP contribution in [0, 0.1) is 6.92 Å². The molecule has 2 aromatic carbocycles. The number of hydrogen-bond acceptors (Lipinski definition) is 5. The van der Waals surface area contributed by atoms with E-state index in [1.165, 1.54) is 23.5 Å². The van der Waals surface area contributed by atoms with E-state index in [1.807, 2.05) is 36.6 Å². The molecule has 0 aliphatic rings. The molecule has 0 fully saturated rings. The average molecular weight is 475 g/mol. The van der Waals surface area contributed by atoms with Crippen LogP contribution in [0.15, 0.2) is 58.8 Å². The Balaban J connectivity index is 1.38. The van der Waals surface area contributed by atoms with Crippen LogP contribution < -0.4 is 10.0 Å². The molecule has 0 spiro atoms. The maximum Gasteiger partial charge on any atom is 0.240 e. The van der Waals surface area contributed by atoms with Gasteiger partial charge in [-0.25, -0.2) is 18.1 Å². The fourth-order valence-electron chi connectivity index (χ4n) is 3.25. The smallest absolute Gasteiger partial charge is 0.240 e. The number of thiazole rings is 1. The lowest BCUT2D eigenvalue weighted by molar-refractivity contribution is -0.116. The van der Waals surface area contributed by atoms with E-state index in [4.69, 9.17) is 11.6 Å². The Morgan fingerprint density at radius 3 is 2.81 bits per heavy atom. The van der Waals surface area contributed by atoms with Gasteiger partial charge in [-0.3, -0.25) is 4.79 Å². The van der Waals surface area contributed by atoms with Crippen LogP contribution in [0.25, 0.3) is 22.2 Å². The number of H-pyrrole nitrogens is 1. The fourth-order valence-corrected chi connectivity index (χ4v) is 5.30. The van der Waals surface area contributed by atoms with Crippen LogP contribution in [-0.2, 0) is 14.8 Å². The van der Waals surface area contributed by atoms with Gasteiger partial charge < -0.3 is 10.3 Å². The lowest BCUT2D eigenvalue weighted by Crippen LogP contribution is -2.27. The van der Waals surface area contributed by atoms with Gasteiger partial charge in [0, 0.05) is 45.5 Å². The second kappa shape index (κ2) is 8.80. The van der Waals surface area contributed by atoms with E-state index in [-0.39, 0.29) is 23.8 Å². The Morgan fingerprint density at radius 2 is 2.00 bits per heavy atom. The summed E-state index contributed by atoms with van der Waals surface area (Å²) in [6.07, 6.45) is -0.0270. The Labute approximate surface area is 188 Å². The molecular weight excluding hydrogens is 456 g/mol. The zero-order valence-corrected chi connectivity index (χ0v) is 18.9. The third-order valence-corrected chi connectivity index (χ3v) is 7.10. The number of fused-ring (bicyclic) bond motifs is 1. The molecule has 0 bridgehead atoms. The number of carbonyl (C=O) groups excluding carboxylic acids is 1. The van der Waals surface area contributed by atoms with Gasteiger partial charge in [-0.05, 0) is 31.2 Å². The molecule has 1 amide bonds. The molecule has 10 heteroatoms. The number of halogens is 1. The van der Waals surface area contributed by atoms with Gasteiger partial charge >= 0.3 is 0 Å². The van der Waals surface area contributed by atoms with Crippen molar-refractivity contribution >= 4 is 54.9 Å². The number of nitrogens with one attached hydrogen (secondary N) is 3. The molecule has 4 aromatic rings. The number of aromatic nitrogens is 2. The number of carbonyl (C=O) groups is 1. The van der Waals surface area contributed by atoms with Crippen LogP contribution in [0.1, 0.15) is 12.1 Å². The number of para-hydroxylation sites is 1. The summed E-state index contributed by atoms with van der Waals surface area (Å²) in [7, 11) is -3.73. The van der Waals surface area contributed by atoms with E-state index in [0.717, 1.165) is 27.9 Å². The second-order valence-electron chi connectivity index (χ2n) is 6.86. The predicted molar refractivity (Wildman–Crippen MR) is 124 cm³/mol. The highest BCUT2D eigenvalue weighted by atomic mass is 35.5. The second-order valence-corrected chi connectivity index (χ2v) is 9.92. The Bertz CT molecular complexity index is 1360. The number of aromatic amines is 1. The summed E-state index contributed by atoms with van der Waals surface area (Å²) in [6, 6.07) is 13.9. The van der Waals surface area contributed by atoms with Gasteiger partial charge in [0.1, 0.15) is 0 Å². The number of rotatable bonds is 7. The number of nitrogens with zero attached hydrogens (tertiary/aromatic N) is 1. The molecule has 0 radical (unpaired) electrons. The summed E-state index contributed by atoms with van der Waals surface area (Å²) in [5.74, 6) is -0.328. The topological polar surface area (TPSA) is 104 Å². The van der Waals surface area contributed by atoms with Gasteiger partial charge in [0.25, 0.3) is 0 Å². The lowest BCUT2D eigenvalue weighted by Gasteiger charge is -2.07. The highest BCUT2D eigenvalue weighted by Gasteiger charge is 2.16. The number of hydrogen-bond donors (Lipinski definition) is 3. The molecular formula is C21H19ClN4O3S2. The van der Waals surface area contributed by atoms with E-state index in [2.05, 4.69) is 20.0 Å². The van der Waals surface area contributed by atoms with Gasteiger partial charge in [-0.1, -0.05) is 35.9 Å². The zero-order valence-electron chi connectivity index (χ0n) is 16.5. The number of anilines is 1. The van der Waals surface area contributed by atoms with Gasteiger partial charge in [0.05, 0.1) is 10.6 Å². The van der Waals surface area contributed by atoms with E-state index in [1.54, 1.807) is 12.1 Å². The minimum absolute atomic E-state index is 0.0270. The molecule has 31 heavy (non-hydrogen) atoms. The van der Waals surface area contributed by atoms with Crippen LogP contribution in [-0.4, -0.2) is 30.8 Å². The first-order chi connectivity index (χ1) is 14.8. The number of sulfonamides is 1. The molecule has 2 heterocycles. The predicted octanol–water partition coefficient (Wildman–Crippen LogP) is 4.56. The standard InChI is InChI=1S/C21H19ClN4O3S2/c1-13-20(16-7-2-3-8-17(16)24-13)18-12-30-21(25-18)26-19(27)9-10-23-31(28,29)15-6-4-5-14(22)11-15/h2-8,11-12,23-24H,9-10H2,1H3,(H,25,26,27). The molecule has 2 aromatic heterocycles. The van der Waals surface area contributed by atoms with Gasteiger partial charge in [-0.2, -0.15) is 0 Å². The molecule has 4 rings (SSSR count). The molecule has 0 saturated carbocycles. The summed E-state index contributed by atoms with van der Waals surface area (Å²) >= 11 is 7.16. The van der Waals surface area contributed by atoms with Crippen molar-refractivity contribution in [1.82, 2.24) is 14.7 Å².